The van der Waals surface area contributed by atoms with Crippen LogP contribution in [0.15, 0.2) is 48.5 Å². The van der Waals surface area contributed by atoms with E-state index in [4.69, 9.17) is 16.3 Å². The molecule has 1 N–H and O–H groups in total. The minimum atomic E-state index is -1.02. The highest BCUT2D eigenvalue weighted by Gasteiger charge is 2.29. The molecule has 0 saturated carbocycles. The molecular weight excluding hydrogens is 650 g/mol. The van der Waals surface area contributed by atoms with Gasteiger partial charge >= 0.3 is 0 Å². The van der Waals surface area contributed by atoms with Crippen molar-refractivity contribution in [1.82, 2.24) is 9.80 Å². The first-order chi connectivity index (χ1) is 15.5. The van der Waals surface area contributed by atoms with Crippen molar-refractivity contribution in [2.75, 3.05) is 56.2 Å². The van der Waals surface area contributed by atoms with E-state index >= 15 is 0 Å². The molecule has 180 valence electrons. The van der Waals surface area contributed by atoms with E-state index in [2.05, 4.69) is 62.0 Å². The van der Waals surface area contributed by atoms with Crippen LogP contribution >= 0.6 is 56.8 Å². The number of aliphatic hydroxyl groups is 1. The second-order valence-corrected chi connectivity index (χ2v) is 8.03. The van der Waals surface area contributed by atoms with Crippen LogP contribution in [0, 0.1) is 0 Å². The first-order valence-electron chi connectivity index (χ1n) is 10.9. The molecule has 0 bridgehead atoms. The quantitative estimate of drug-likeness (QED) is 0.207. The Labute approximate surface area is 226 Å². The summed E-state index contributed by atoms with van der Waals surface area (Å²) in [5, 5.41) is 11.9. The standard InChI is InChI=1S/C23H31ClN2O2.2CH3I/c1-3-23(27,19-5-9-21(24)10-6-19)20-7-11-22(12-8-20)28-18-4-13-26-16-14-25(2)15-17-26;2*1-2/h5-12,27H,3-4,13-18H2,1-2H3;2*1H3. The number of ether oxygens (including phenoxy) is 1. The van der Waals surface area contributed by atoms with Gasteiger partial charge in [0.25, 0.3) is 0 Å². The normalized spacial score (nSPS) is 16.1. The van der Waals surface area contributed by atoms with Crippen molar-refractivity contribution in [2.24, 2.45) is 0 Å². The number of halogens is 3. The van der Waals surface area contributed by atoms with Crippen molar-refractivity contribution in [3.05, 3.63) is 64.7 Å². The predicted molar refractivity (Wildman–Crippen MR) is 155 cm³/mol. The highest BCUT2D eigenvalue weighted by Crippen LogP contribution is 2.34. The fourth-order valence-electron chi connectivity index (χ4n) is 3.68. The summed E-state index contributed by atoms with van der Waals surface area (Å²) in [6.07, 6.45) is 1.61. The fraction of sp³-hybridized carbons (Fsp3) is 0.520. The van der Waals surface area contributed by atoms with E-state index in [0.717, 1.165) is 56.0 Å². The molecule has 1 saturated heterocycles. The molecule has 0 aromatic heterocycles. The number of hydrogen-bond acceptors (Lipinski definition) is 4. The van der Waals surface area contributed by atoms with Gasteiger partial charge in [-0.25, -0.2) is 0 Å². The van der Waals surface area contributed by atoms with Gasteiger partial charge in [0.05, 0.1) is 6.61 Å². The van der Waals surface area contributed by atoms with Gasteiger partial charge in [-0.2, -0.15) is 0 Å². The number of likely N-dealkylation sites (N-methyl/N-ethyl adjacent to an activating group) is 1. The summed E-state index contributed by atoms with van der Waals surface area (Å²) in [4.78, 5) is 8.81. The van der Waals surface area contributed by atoms with E-state index in [1.807, 2.05) is 65.3 Å². The van der Waals surface area contributed by atoms with Gasteiger partial charge in [0.2, 0.25) is 0 Å². The van der Waals surface area contributed by atoms with Crippen molar-refractivity contribution < 1.29 is 9.84 Å². The van der Waals surface area contributed by atoms with Crippen molar-refractivity contribution in [3.63, 3.8) is 0 Å². The minimum absolute atomic E-state index is 0.583. The van der Waals surface area contributed by atoms with Crippen LogP contribution in [0.3, 0.4) is 0 Å². The Kier molecular flexibility index (Phi) is 15.4. The Morgan fingerprint density at radius 2 is 1.41 bits per heavy atom. The van der Waals surface area contributed by atoms with Crippen molar-refractivity contribution in [3.8, 4) is 5.75 Å². The molecule has 7 heteroatoms. The summed E-state index contributed by atoms with van der Waals surface area (Å²) < 4.78 is 5.90. The van der Waals surface area contributed by atoms with Gasteiger partial charge in [0.15, 0.2) is 0 Å². The summed E-state index contributed by atoms with van der Waals surface area (Å²) in [5.74, 6) is 0.844. The van der Waals surface area contributed by atoms with Gasteiger partial charge in [0.1, 0.15) is 11.4 Å². The zero-order valence-corrected chi connectivity index (χ0v) is 24.7. The first kappa shape index (κ1) is 29.9. The molecule has 1 unspecified atom stereocenters. The number of alkyl halides is 2. The van der Waals surface area contributed by atoms with Crippen LogP contribution in [0.5, 0.6) is 5.75 Å². The van der Waals surface area contributed by atoms with E-state index in [0.29, 0.717) is 18.1 Å². The monoisotopic (exact) mass is 686 g/mol. The lowest BCUT2D eigenvalue weighted by Crippen LogP contribution is -2.44. The lowest BCUT2D eigenvalue weighted by molar-refractivity contribution is 0.0765. The maximum Gasteiger partial charge on any atom is 0.119 e. The van der Waals surface area contributed by atoms with Gasteiger partial charge in [0, 0.05) is 37.7 Å². The molecular formula is C25H37ClI2N2O2. The molecule has 1 aliphatic rings. The Morgan fingerprint density at radius 1 is 0.906 bits per heavy atom. The molecule has 0 aliphatic carbocycles. The van der Waals surface area contributed by atoms with E-state index in [-0.39, 0.29) is 0 Å². The van der Waals surface area contributed by atoms with Gasteiger partial charge in [-0.1, -0.05) is 88.0 Å². The number of piperazine rings is 1. The van der Waals surface area contributed by atoms with Crippen LogP contribution in [0.1, 0.15) is 30.9 Å². The molecule has 1 fully saturated rings. The summed E-state index contributed by atoms with van der Waals surface area (Å²) in [5.41, 5.74) is 0.687. The molecule has 2 aromatic carbocycles. The third-order valence-corrected chi connectivity index (χ3v) is 5.90. The van der Waals surface area contributed by atoms with Crippen LogP contribution in [0.4, 0.5) is 0 Å². The average Bonchev–Trinajstić information content (AvgIpc) is 2.86. The number of hydrogen-bond donors (Lipinski definition) is 1. The summed E-state index contributed by atoms with van der Waals surface area (Å²) >= 11 is 10.3. The maximum atomic E-state index is 11.2. The third kappa shape index (κ3) is 9.25. The number of benzene rings is 2. The second kappa shape index (κ2) is 16.5. The second-order valence-electron chi connectivity index (χ2n) is 7.59. The summed E-state index contributed by atoms with van der Waals surface area (Å²) in [7, 11) is 2.18. The minimum Gasteiger partial charge on any atom is -0.494 e. The number of rotatable bonds is 8. The van der Waals surface area contributed by atoms with Crippen LogP contribution in [0.25, 0.3) is 0 Å². The predicted octanol–water partition coefficient (Wildman–Crippen LogP) is 6.10. The smallest absolute Gasteiger partial charge is 0.119 e. The molecule has 0 amide bonds. The lowest BCUT2D eigenvalue weighted by atomic mass is 9.84. The maximum absolute atomic E-state index is 11.2. The molecule has 2 aromatic rings. The summed E-state index contributed by atoms with van der Waals surface area (Å²) in [6.45, 7) is 8.36. The van der Waals surface area contributed by atoms with Crippen molar-refractivity contribution >= 4 is 56.8 Å². The van der Waals surface area contributed by atoms with Gasteiger partial charge in [-0.15, -0.1) is 0 Å². The highest BCUT2D eigenvalue weighted by molar-refractivity contribution is 14.1. The largest absolute Gasteiger partial charge is 0.494 e. The Morgan fingerprint density at radius 3 is 1.91 bits per heavy atom. The Hall–Kier alpha value is -0.130. The third-order valence-electron chi connectivity index (χ3n) is 5.65. The topological polar surface area (TPSA) is 35.9 Å². The lowest BCUT2D eigenvalue weighted by Gasteiger charge is -2.32. The van der Waals surface area contributed by atoms with Crippen LogP contribution in [-0.4, -0.2) is 71.1 Å². The van der Waals surface area contributed by atoms with Crippen LogP contribution in [0.2, 0.25) is 5.02 Å². The molecule has 3 rings (SSSR count). The van der Waals surface area contributed by atoms with Crippen LogP contribution < -0.4 is 4.74 Å². The molecule has 0 spiro atoms. The van der Waals surface area contributed by atoms with Gasteiger partial charge in [-0.3, -0.25) is 0 Å². The van der Waals surface area contributed by atoms with E-state index in [9.17, 15) is 5.11 Å². The zero-order chi connectivity index (χ0) is 24.0. The van der Waals surface area contributed by atoms with E-state index in [1.54, 1.807) is 0 Å². The molecule has 1 atom stereocenters. The average molecular weight is 687 g/mol. The van der Waals surface area contributed by atoms with E-state index < -0.39 is 5.60 Å². The Bertz CT molecular complexity index is 739. The summed E-state index contributed by atoms with van der Waals surface area (Å²) in [6, 6.07) is 15.2. The fourth-order valence-corrected chi connectivity index (χ4v) is 3.80. The van der Waals surface area contributed by atoms with Gasteiger partial charge < -0.3 is 19.6 Å². The Balaban J connectivity index is 0.00000121. The molecule has 1 heterocycles. The first-order valence-corrected chi connectivity index (χ1v) is 15.6. The molecule has 4 nitrogen and oxygen atoms in total. The number of nitrogens with zero attached hydrogens (tertiary/aromatic N) is 2. The molecule has 1 aliphatic heterocycles. The van der Waals surface area contributed by atoms with Crippen molar-refractivity contribution in [2.45, 2.75) is 25.4 Å². The van der Waals surface area contributed by atoms with Crippen LogP contribution in [-0.2, 0) is 5.60 Å². The molecule has 0 radical (unpaired) electrons. The SMILES string of the molecule is CCC(O)(c1ccc(Cl)cc1)c1ccc(OCCCN2CCN(C)CC2)cc1.CI.CI. The zero-order valence-electron chi connectivity index (χ0n) is 19.7. The van der Waals surface area contributed by atoms with E-state index in [1.165, 1.54) is 0 Å². The van der Waals surface area contributed by atoms with Crippen molar-refractivity contribution in [1.29, 1.82) is 0 Å². The van der Waals surface area contributed by atoms with Gasteiger partial charge in [-0.05, 0) is 65.1 Å². The molecule has 32 heavy (non-hydrogen) atoms. The highest BCUT2D eigenvalue weighted by atomic mass is 127.